The maximum Gasteiger partial charge on any atom is 0.354 e. The third kappa shape index (κ3) is 2.87. The lowest BCUT2D eigenvalue weighted by atomic mass is 10.0. The van der Waals surface area contributed by atoms with Gasteiger partial charge in [0, 0.05) is 11.9 Å². The monoisotopic (exact) mass is 300 g/mol. The fourth-order valence-electron chi connectivity index (χ4n) is 2.04. The summed E-state index contributed by atoms with van der Waals surface area (Å²) in [4.78, 5) is 14.3. The highest BCUT2D eigenvalue weighted by molar-refractivity contribution is 5.98. The minimum Gasteiger partial charge on any atom is -0.506 e. The standard InChI is InChI=1S/C13H16N2O4.ClH/c1-14-6-11(17)7-3-4-10(16)12-8(7)5-9(15-12)13(18)19-2;/h3-5,11,14-17H,6H2,1-2H3;1H. The molecule has 20 heavy (non-hydrogen) atoms. The number of rotatable bonds is 4. The van der Waals surface area contributed by atoms with Gasteiger partial charge in [-0.25, -0.2) is 4.79 Å². The van der Waals surface area contributed by atoms with Gasteiger partial charge in [0.2, 0.25) is 0 Å². The Hall–Kier alpha value is -1.76. The Morgan fingerprint density at radius 2 is 2.20 bits per heavy atom. The van der Waals surface area contributed by atoms with Gasteiger partial charge in [0.25, 0.3) is 0 Å². The van der Waals surface area contributed by atoms with Crippen molar-refractivity contribution in [1.82, 2.24) is 10.3 Å². The van der Waals surface area contributed by atoms with E-state index in [1.807, 2.05) is 0 Å². The molecule has 7 heteroatoms. The molecule has 0 bridgehead atoms. The fourth-order valence-corrected chi connectivity index (χ4v) is 2.04. The molecule has 0 aliphatic rings. The molecule has 0 fully saturated rings. The van der Waals surface area contributed by atoms with Crippen LogP contribution < -0.4 is 5.32 Å². The Morgan fingerprint density at radius 1 is 1.50 bits per heavy atom. The maximum atomic E-state index is 11.5. The summed E-state index contributed by atoms with van der Waals surface area (Å²) in [5, 5.41) is 23.3. The van der Waals surface area contributed by atoms with Gasteiger partial charge in [-0.1, -0.05) is 6.07 Å². The minimum absolute atomic E-state index is 0. The van der Waals surface area contributed by atoms with Gasteiger partial charge in [-0.15, -0.1) is 12.4 Å². The Morgan fingerprint density at radius 3 is 2.80 bits per heavy atom. The summed E-state index contributed by atoms with van der Waals surface area (Å²) in [6.45, 7) is 0.374. The van der Waals surface area contributed by atoms with E-state index in [0.717, 1.165) is 0 Å². The Bertz CT molecular complexity index is 612. The zero-order chi connectivity index (χ0) is 14.0. The predicted molar refractivity (Wildman–Crippen MR) is 77.4 cm³/mol. The van der Waals surface area contributed by atoms with Crippen LogP contribution in [0.15, 0.2) is 18.2 Å². The van der Waals surface area contributed by atoms with E-state index < -0.39 is 12.1 Å². The number of halogens is 1. The first-order valence-corrected chi connectivity index (χ1v) is 5.84. The SMILES string of the molecule is CNCC(O)c1ccc(O)c2[nH]c(C(=O)OC)cc12.Cl. The van der Waals surface area contributed by atoms with E-state index in [0.29, 0.717) is 23.0 Å². The fraction of sp³-hybridized carbons (Fsp3) is 0.308. The van der Waals surface area contributed by atoms with Crippen molar-refractivity contribution in [3.63, 3.8) is 0 Å². The summed E-state index contributed by atoms with van der Waals surface area (Å²) >= 11 is 0. The average molecular weight is 301 g/mol. The smallest absolute Gasteiger partial charge is 0.354 e. The molecule has 2 rings (SSSR count). The lowest BCUT2D eigenvalue weighted by molar-refractivity contribution is 0.0595. The molecule has 1 atom stereocenters. The zero-order valence-corrected chi connectivity index (χ0v) is 12.0. The number of benzene rings is 1. The van der Waals surface area contributed by atoms with E-state index in [4.69, 9.17) is 0 Å². The number of ether oxygens (including phenoxy) is 1. The quantitative estimate of drug-likeness (QED) is 0.639. The van der Waals surface area contributed by atoms with Crippen LogP contribution in [0, 0.1) is 0 Å². The summed E-state index contributed by atoms with van der Waals surface area (Å²) in [5.41, 5.74) is 1.28. The van der Waals surface area contributed by atoms with Crippen molar-refractivity contribution in [3.05, 3.63) is 29.5 Å². The molecular weight excluding hydrogens is 284 g/mol. The van der Waals surface area contributed by atoms with E-state index in [1.165, 1.54) is 13.2 Å². The van der Waals surface area contributed by atoms with Crippen molar-refractivity contribution < 1.29 is 19.7 Å². The molecule has 6 nitrogen and oxygen atoms in total. The largest absolute Gasteiger partial charge is 0.506 e. The Kier molecular flexibility index (Phi) is 5.38. The number of aliphatic hydroxyl groups is 1. The number of phenols is 1. The number of carbonyl (C=O) groups is 1. The van der Waals surface area contributed by atoms with Gasteiger partial charge in [-0.3, -0.25) is 0 Å². The topological polar surface area (TPSA) is 94.6 Å². The molecule has 1 heterocycles. The van der Waals surface area contributed by atoms with Crippen LogP contribution in [-0.2, 0) is 4.74 Å². The third-order valence-corrected chi connectivity index (χ3v) is 2.97. The van der Waals surface area contributed by atoms with Crippen LogP contribution in [-0.4, -0.2) is 41.9 Å². The van der Waals surface area contributed by atoms with Crippen molar-refractivity contribution in [2.24, 2.45) is 0 Å². The Balaban J connectivity index is 0.00000200. The number of aromatic amines is 1. The Labute approximate surface area is 122 Å². The maximum absolute atomic E-state index is 11.5. The number of fused-ring (bicyclic) bond motifs is 1. The number of carbonyl (C=O) groups excluding carboxylic acids is 1. The van der Waals surface area contributed by atoms with E-state index in [2.05, 4.69) is 15.0 Å². The van der Waals surface area contributed by atoms with Crippen LogP contribution in [0.25, 0.3) is 10.9 Å². The zero-order valence-electron chi connectivity index (χ0n) is 11.1. The molecule has 0 spiro atoms. The highest BCUT2D eigenvalue weighted by Crippen LogP contribution is 2.31. The number of likely N-dealkylation sites (N-methyl/N-ethyl adjacent to an activating group) is 1. The van der Waals surface area contributed by atoms with Crippen molar-refractivity contribution in [1.29, 1.82) is 0 Å². The molecule has 1 unspecified atom stereocenters. The van der Waals surface area contributed by atoms with E-state index in [9.17, 15) is 15.0 Å². The molecule has 0 aliphatic carbocycles. The number of hydrogen-bond donors (Lipinski definition) is 4. The second-order valence-corrected chi connectivity index (χ2v) is 4.21. The molecule has 1 aromatic heterocycles. The second kappa shape index (κ2) is 6.60. The minimum atomic E-state index is -0.727. The molecule has 0 amide bonds. The number of aromatic nitrogens is 1. The van der Waals surface area contributed by atoms with Crippen LogP contribution in [0.1, 0.15) is 22.2 Å². The van der Waals surface area contributed by atoms with Gasteiger partial charge in [-0.2, -0.15) is 0 Å². The average Bonchev–Trinajstić information content (AvgIpc) is 2.84. The molecule has 0 aliphatic heterocycles. The van der Waals surface area contributed by atoms with Crippen LogP contribution in [0.4, 0.5) is 0 Å². The van der Waals surface area contributed by atoms with Crippen LogP contribution in [0.3, 0.4) is 0 Å². The first-order valence-electron chi connectivity index (χ1n) is 5.84. The molecule has 1 aromatic carbocycles. The first kappa shape index (κ1) is 16.3. The third-order valence-electron chi connectivity index (χ3n) is 2.97. The van der Waals surface area contributed by atoms with Gasteiger partial charge < -0.3 is 25.3 Å². The van der Waals surface area contributed by atoms with Crippen molar-refractivity contribution in [3.8, 4) is 5.75 Å². The number of aliphatic hydroxyl groups excluding tert-OH is 1. The van der Waals surface area contributed by atoms with Gasteiger partial charge in [0.05, 0.1) is 18.7 Å². The number of hydrogen-bond acceptors (Lipinski definition) is 5. The molecule has 0 saturated carbocycles. The van der Waals surface area contributed by atoms with Crippen molar-refractivity contribution >= 4 is 29.3 Å². The normalized spacial score (nSPS) is 11.9. The van der Waals surface area contributed by atoms with Crippen LogP contribution >= 0.6 is 12.4 Å². The van der Waals surface area contributed by atoms with Gasteiger partial charge in [0.1, 0.15) is 11.4 Å². The molecule has 0 radical (unpaired) electrons. The summed E-state index contributed by atoms with van der Waals surface area (Å²) in [6.07, 6.45) is -0.727. The van der Waals surface area contributed by atoms with Crippen molar-refractivity contribution in [2.75, 3.05) is 20.7 Å². The number of H-pyrrole nitrogens is 1. The van der Waals surface area contributed by atoms with Gasteiger partial charge in [0.15, 0.2) is 0 Å². The molecule has 0 saturated heterocycles. The lowest BCUT2D eigenvalue weighted by Crippen LogP contribution is -2.16. The number of phenolic OH excluding ortho intramolecular Hbond substituents is 1. The predicted octanol–water partition coefficient (Wildman–Crippen LogP) is 1.33. The first-order chi connectivity index (χ1) is 9.08. The van der Waals surface area contributed by atoms with Crippen LogP contribution in [0.2, 0.25) is 0 Å². The van der Waals surface area contributed by atoms with E-state index in [1.54, 1.807) is 19.2 Å². The molecule has 2 aromatic rings. The van der Waals surface area contributed by atoms with Gasteiger partial charge >= 0.3 is 5.97 Å². The second-order valence-electron chi connectivity index (χ2n) is 4.21. The number of aromatic hydroxyl groups is 1. The summed E-state index contributed by atoms with van der Waals surface area (Å²) in [7, 11) is 3.02. The van der Waals surface area contributed by atoms with E-state index in [-0.39, 0.29) is 23.9 Å². The van der Waals surface area contributed by atoms with Gasteiger partial charge in [-0.05, 0) is 24.7 Å². The molecule has 4 N–H and O–H groups in total. The van der Waals surface area contributed by atoms with Crippen LogP contribution in [0.5, 0.6) is 5.75 Å². The molecule has 110 valence electrons. The molecular formula is C13H17ClN2O4. The number of nitrogens with one attached hydrogen (secondary N) is 2. The highest BCUT2D eigenvalue weighted by Gasteiger charge is 2.17. The highest BCUT2D eigenvalue weighted by atomic mass is 35.5. The lowest BCUT2D eigenvalue weighted by Gasteiger charge is -2.11. The summed E-state index contributed by atoms with van der Waals surface area (Å²) in [5.74, 6) is -0.504. The summed E-state index contributed by atoms with van der Waals surface area (Å²) < 4.78 is 4.63. The van der Waals surface area contributed by atoms with E-state index >= 15 is 0 Å². The summed E-state index contributed by atoms with van der Waals surface area (Å²) in [6, 6.07) is 4.68. The number of methoxy groups -OCH3 is 1. The van der Waals surface area contributed by atoms with Crippen molar-refractivity contribution in [2.45, 2.75) is 6.10 Å². The number of esters is 1.